The molecule has 0 saturated heterocycles. The summed E-state index contributed by atoms with van der Waals surface area (Å²) in [5.74, 6) is 0.278. The molecular formula is C25H27FN4O. The van der Waals surface area contributed by atoms with Crippen LogP contribution in [0.3, 0.4) is 0 Å². The van der Waals surface area contributed by atoms with E-state index in [2.05, 4.69) is 69.9 Å². The molecule has 6 heteroatoms. The van der Waals surface area contributed by atoms with Gasteiger partial charge < -0.3 is 15.5 Å². The number of anilines is 2. The smallest absolute Gasteiger partial charge is 0.217 e. The van der Waals surface area contributed by atoms with Gasteiger partial charge in [-0.1, -0.05) is 30.3 Å². The van der Waals surface area contributed by atoms with E-state index in [4.69, 9.17) is 0 Å². The Bertz CT molecular complexity index is 1070. The number of carbonyl (C=O) groups excluding carboxylic acids is 1. The molecule has 1 amide bonds. The molecule has 0 spiro atoms. The van der Waals surface area contributed by atoms with Crippen LogP contribution in [0, 0.1) is 5.82 Å². The van der Waals surface area contributed by atoms with Gasteiger partial charge in [0.1, 0.15) is 11.6 Å². The first-order valence-corrected chi connectivity index (χ1v) is 10.5. The average molecular weight is 419 g/mol. The first-order chi connectivity index (χ1) is 15.0. The number of fused-ring (bicyclic) bond motifs is 1. The first-order valence-electron chi connectivity index (χ1n) is 10.5. The van der Waals surface area contributed by atoms with Crippen LogP contribution >= 0.6 is 0 Å². The van der Waals surface area contributed by atoms with Gasteiger partial charge >= 0.3 is 0 Å². The zero-order chi connectivity index (χ0) is 22.0. The highest BCUT2D eigenvalue weighted by Gasteiger charge is 2.32. The highest BCUT2D eigenvalue weighted by molar-refractivity contribution is 5.77. The van der Waals surface area contributed by atoms with Crippen molar-refractivity contribution in [3.63, 3.8) is 0 Å². The predicted octanol–water partition coefficient (Wildman–Crippen LogP) is 4.71. The van der Waals surface area contributed by atoms with E-state index in [9.17, 15) is 9.18 Å². The van der Waals surface area contributed by atoms with Gasteiger partial charge in [-0.2, -0.15) is 0 Å². The van der Waals surface area contributed by atoms with Crippen LogP contribution < -0.4 is 15.5 Å². The molecule has 2 N–H and O–H groups in total. The summed E-state index contributed by atoms with van der Waals surface area (Å²) in [5.41, 5.74) is 5.45. The third-order valence-electron chi connectivity index (χ3n) is 5.68. The summed E-state index contributed by atoms with van der Waals surface area (Å²) in [6, 6.07) is 17.9. The normalized spacial score (nSPS) is 17.9. The molecule has 1 aliphatic rings. The lowest BCUT2D eigenvalue weighted by Crippen LogP contribution is -2.40. The van der Waals surface area contributed by atoms with Gasteiger partial charge in [0.15, 0.2) is 0 Å². The molecule has 1 aliphatic heterocycles. The number of hydrogen-bond donors (Lipinski definition) is 2. The lowest BCUT2D eigenvalue weighted by Gasteiger charge is -2.40. The molecule has 0 radical (unpaired) electrons. The maximum atomic E-state index is 13.4. The second kappa shape index (κ2) is 8.86. The molecule has 0 aliphatic carbocycles. The van der Waals surface area contributed by atoms with Gasteiger partial charge in [0.25, 0.3) is 0 Å². The van der Waals surface area contributed by atoms with Gasteiger partial charge in [-0.3, -0.25) is 4.79 Å². The Balaban J connectivity index is 1.77. The number of carbonyl (C=O) groups is 1. The molecule has 1 aromatic heterocycles. The van der Waals surface area contributed by atoms with Crippen LogP contribution in [0.5, 0.6) is 0 Å². The molecule has 2 aromatic carbocycles. The molecule has 2 atom stereocenters. The minimum absolute atomic E-state index is 0.0571. The lowest BCUT2D eigenvalue weighted by atomic mass is 9.89. The fourth-order valence-corrected chi connectivity index (χ4v) is 4.30. The van der Waals surface area contributed by atoms with Crippen molar-refractivity contribution in [3.8, 4) is 11.1 Å². The van der Waals surface area contributed by atoms with Gasteiger partial charge in [-0.05, 0) is 66.9 Å². The number of hydrogen-bond acceptors (Lipinski definition) is 4. The molecule has 0 bridgehead atoms. The fraction of sp³-hybridized carbons (Fsp3) is 0.280. The van der Waals surface area contributed by atoms with Crippen LogP contribution in [0.1, 0.15) is 37.4 Å². The molecule has 2 unspecified atom stereocenters. The van der Waals surface area contributed by atoms with Crippen LogP contribution in [-0.2, 0) is 11.3 Å². The van der Waals surface area contributed by atoms with Crippen molar-refractivity contribution in [1.29, 1.82) is 0 Å². The summed E-state index contributed by atoms with van der Waals surface area (Å²) in [6.07, 6.45) is 1.97. The van der Waals surface area contributed by atoms with Gasteiger partial charge in [0, 0.05) is 25.2 Å². The average Bonchev–Trinajstić information content (AvgIpc) is 2.75. The Labute approximate surface area is 182 Å². The van der Waals surface area contributed by atoms with Crippen molar-refractivity contribution >= 4 is 17.4 Å². The molecule has 3 aromatic rings. The summed E-state index contributed by atoms with van der Waals surface area (Å²) in [5, 5.41) is 6.26. The number of nitrogens with zero attached hydrogens (tertiary/aromatic N) is 2. The van der Waals surface area contributed by atoms with E-state index in [1.165, 1.54) is 17.8 Å². The van der Waals surface area contributed by atoms with Gasteiger partial charge in [0.2, 0.25) is 5.91 Å². The Hall–Kier alpha value is -3.25. The second-order valence-electron chi connectivity index (χ2n) is 8.04. The Morgan fingerprint density at radius 3 is 2.52 bits per heavy atom. The summed E-state index contributed by atoms with van der Waals surface area (Å²) in [4.78, 5) is 18.3. The molecule has 2 heterocycles. The summed E-state index contributed by atoms with van der Waals surface area (Å²) in [6.45, 7) is 4.46. The number of nitrogens with one attached hydrogen (secondary N) is 2. The van der Waals surface area contributed by atoms with Gasteiger partial charge in [-0.15, -0.1) is 0 Å². The van der Waals surface area contributed by atoms with Crippen LogP contribution in [0.15, 0.2) is 60.8 Å². The number of benzene rings is 2. The molecule has 4 rings (SSSR count). The first kappa shape index (κ1) is 21.0. The van der Waals surface area contributed by atoms with Crippen molar-refractivity contribution < 1.29 is 9.18 Å². The predicted molar refractivity (Wildman–Crippen MR) is 122 cm³/mol. The number of halogens is 1. The number of pyridine rings is 1. The standard InChI is InChI=1S/C25H27FN4O/c1-16-12-23(29-17(2)31)22-13-20(19-6-4-18(5-7-19)14-27-3)8-10-24(22)30(16)25-11-9-21(26)15-28-25/h4-11,13,15-16,23,27H,12,14H2,1-3H3,(H,29,31). The SMILES string of the molecule is CNCc1ccc(-c2ccc3c(c2)C(NC(C)=O)CC(C)N3c2ccc(F)cn2)cc1. The maximum absolute atomic E-state index is 13.4. The number of aromatic nitrogens is 1. The molecule has 5 nitrogen and oxygen atoms in total. The van der Waals surface area contributed by atoms with Crippen LogP contribution in [0.2, 0.25) is 0 Å². The lowest BCUT2D eigenvalue weighted by molar-refractivity contribution is -0.119. The Morgan fingerprint density at radius 1 is 1.13 bits per heavy atom. The molecule has 0 saturated carbocycles. The highest BCUT2D eigenvalue weighted by Crippen LogP contribution is 2.42. The zero-order valence-electron chi connectivity index (χ0n) is 18.0. The molecule has 0 fully saturated rings. The maximum Gasteiger partial charge on any atom is 0.217 e. The van der Waals surface area contributed by atoms with Gasteiger partial charge in [0.05, 0.1) is 12.2 Å². The van der Waals surface area contributed by atoms with Crippen molar-refractivity contribution in [2.45, 2.75) is 38.9 Å². The number of amides is 1. The van der Waals surface area contributed by atoms with E-state index < -0.39 is 0 Å². The Morgan fingerprint density at radius 2 is 1.87 bits per heavy atom. The third-order valence-corrected chi connectivity index (χ3v) is 5.68. The van der Waals surface area contributed by atoms with Crippen molar-refractivity contribution in [3.05, 3.63) is 77.7 Å². The topological polar surface area (TPSA) is 57.3 Å². The summed E-state index contributed by atoms with van der Waals surface area (Å²) >= 11 is 0. The van der Waals surface area contributed by atoms with Gasteiger partial charge in [-0.25, -0.2) is 9.37 Å². The summed E-state index contributed by atoms with van der Waals surface area (Å²) < 4.78 is 13.4. The third kappa shape index (κ3) is 4.44. The largest absolute Gasteiger partial charge is 0.349 e. The second-order valence-corrected chi connectivity index (χ2v) is 8.04. The van der Waals surface area contributed by atoms with E-state index >= 15 is 0 Å². The van der Waals surface area contributed by atoms with E-state index in [0.29, 0.717) is 5.82 Å². The van der Waals surface area contributed by atoms with E-state index in [1.54, 1.807) is 13.0 Å². The van der Waals surface area contributed by atoms with E-state index in [-0.39, 0.29) is 23.8 Å². The minimum Gasteiger partial charge on any atom is -0.349 e. The molecular weight excluding hydrogens is 391 g/mol. The fourth-order valence-electron chi connectivity index (χ4n) is 4.30. The highest BCUT2D eigenvalue weighted by atomic mass is 19.1. The zero-order valence-corrected chi connectivity index (χ0v) is 18.0. The van der Waals surface area contributed by atoms with Crippen LogP contribution in [-0.4, -0.2) is 24.0 Å². The minimum atomic E-state index is -0.359. The van der Waals surface area contributed by atoms with Crippen molar-refractivity contribution in [1.82, 2.24) is 15.6 Å². The monoisotopic (exact) mass is 418 g/mol. The van der Waals surface area contributed by atoms with E-state index in [1.807, 2.05) is 7.05 Å². The quantitative estimate of drug-likeness (QED) is 0.630. The summed E-state index contributed by atoms with van der Waals surface area (Å²) in [7, 11) is 1.93. The number of rotatable bonds is 5. The van der Waals surface area contributed by atoms with E-state index in [0.717, 1.165) is 35.3 Å². The van der Waals surface area contributed by atoms with Crippen molar-refractivity contribution in [2.24, 2.45) is 0 Å². The molecule has 160 valence electrons. The Kier molecular flexibility index (Phi) is 6.00. The van der Waals surface area contributed by atoms with Crippen LogP contribution in [0.25, 0.3) is 11.1 Å². The van der Waals surface area contributed by atoms with Crippen molar-refractivity contribution in [2.75, 3.05) is 11.9 Å². The van der Waals surface area contributed by atoms with Crippen LogP contribution in [0.4, 0.5) is 15.9 Å². The molecule has 31 heavy (non-hydrogen) atoms.